The maximum atomic E-state index is 12.8. The Bertz CT molecular complexity index is 890. The molecular formula is C16H15Cl2FN2O3S. The normalized spacial score (nSPS) is 11.4. The van der Waals surface area contributed by atoms with Crippen molar-refractivity contribution in [2.75, 3.05) is 11.9 Å². The van der Waals surface area contributed by atoms with Gasteiger partial charge in [0.25, 0.3) is 0 Å². The third kappa shape index (κ3) is 4.70. The topological polar surface area (TPSA) is 75.3 Å². The highest BCUT2D eigenvalue weighted by molar-refractivity contribution is 7.89. The van der Waals surface area contributed by atoms with Crippen molar-refractivity contribution in [3.05, 3.63) is 57.3 Å². The molecule has 0 spiro atoms. The number of carbonyl (C=O) groups is 1. The lowest BCUT2D eigenvalue weighted by Gasteiger charge is -2.14. The number of hydrogen-bond acceptors (Lipinski definition) is 3. The molecule has 0 aliphatic rings. The summed E-state index contributed by atoms with van der Waals surface area (Å²) in [6.07, 6.45) is 0. The van der Waals surface area contributed by atoms with E-state index in [1.807, 2.05) is 0 Å². The van der Waals surface area contributed by atoms with E-state index in [9.17, 15) is 17.6 Å². The Morgan fingerprint density at radius 2 is 1.76 bits per heavy atom. The van der Waals surface area contributed by atoms with Crippen molar-refractivity contribution in [1.82, 2.24) is 4.72 Å². The van der Waals surface area contributed by atoms with E-state index in [4.69, 9.17) is 23.2 Å². The largest absolute Gasteiger partial charge is 0.325 e. The first kappa shape index (κ1) is 19.7. The highest BCUT2D eigenvalue weighted by atomic mass is 35.5. The van der Waals surface area contributed by atoms with Gasteiger partial charge >= 0.3 is 0 Å². The number of sulfonamides is 1. The molecule has 134 valence electrons. The average Bonchev–Trinajstić information content (AvgIpc) is 2.53. The van der Waals surface area contributed by atoms with Gasteiger partial charge in [0.1, 0.15) is 10.7 Å². The Morgan fingerprint density at radius 1 is 1.16 bits per heavy atom. The van der Waals surface area contributed by atoms with Crippen molar-refractivity contribution in [3.63, 3.8) is 0 Å². The highest BCUT2D eigenvalue weighted by Gasteiger charge is 2.24. The molecule has 0 radical (unpaired) electrons. The first-order chi connectivity index (χ1) is 11.6. The van der Waals surface area contributed by atoms with E-state index in [2.05, 4.69) is 10.0 Å². The minimum atomic E-state index is -4.05. The zero-order valence-corrected chi connectivity index (χ0v) is 15.7. The number of benzene rings is 2. The molecule has 0 saturated carbocycles. The molecule has 2 aromatic rings. The number of rotatable bonds is 5. The monoisotopic (exact) mass is 404 g/mol. The van der Waals surface area contributed by atoms with Crippen LogP contribution in [-0.4, -0.2) is 20.9 Å². The smallest absolute Gasteiger partial charge is 0.242 e. The molecule has 2 rings (SSSR count). The maximum absolute atomic E-state index is 12.8. The van der Waals surface area contributed by atoms with Crippen LogP contribution in [0.2, 0.25) is 10.0 Å². The standard InChI is InChI=1S/C16H15Cl2FN2O3S/c1-9-7-13(17)10(2)16(15(9)18)25(23,24)20-8-14(22)21-12-5-3-11(19)4-6-12/h3-7,20H,8H2,1-2H3,(H,21,22). The van der Waals surface area contributed by atoms with Gasteiger partial charge in [0.05, 0.1) is 11.6 Å². The fraction of sp³-hybridized carbons (Fsp3) is 0.188. The van der Waals surface area contributed by atoms with E-state index in [-0.39, 0.29) is 14.9 Å². The summed E-state index contributed by atoms with van der Waals surface area (Å²) in [6, 6.07) is 6.65. The quantitative estimate of drug-likeness (QED) is 0.797. The SMILES string of the molecule is Cc1cc(Cl)c(C)c(S(=O)(=O)NCC(=O)Nc2ccc(F)cc2)c1Cl. The number of anilines is 1. The van der Waals surface area contributed by atoms with Gasteiger partial charge in [-0.05, 0) is 55.3 Å². The number of carbonyl (C=O) groups excluding carboxylic acids is 1. The number of hydrogen-bond donors (Lipinski definition) is 2. The molecule has 25 heavy (non-hydrogen) atoms. The summed E-state index contributed by atoms with van der Waals surface area (Å²) in [5.41, 5.74) is 1.15. The van der Waals surface area contributed by atoms with Gasteiger partial charge in [-0.25, -0.2) is 17.5 Å². The molecule has 0 unspecified atom stereocenters. The van der Waals surface area contributed by atoms with E-state index in [0.29, 0.717) is 16.8 Å². The summed E-state index contributed by atoms with van der Waals surface area (Å²) in [6.45, 7) is 2.65. The van der Waals surface area contributed by atoms with Crippen LogP contribution in [0.1, 0.15) is 11.1 Å². The fourth-order valence-corrected chi connectivity index (χ4v) is 4.30. The number of aryl methyl sites for hydroxylation is 1. The Morgan fingerprint density at radius 3 is 2.36 bits per heavy atom. The molecule has 2 N–H and O–H groups in total. The van der Waals surface area contributed by atoms with Gasteiger partial charge < -0.3 is 5.32 Å². The lowest BCUT2D eigenvalue weighted by molar-refractivity contribution is -0.115. The van der Waals surface area contributed by atoms with Crippen molar-refractivity contribution in [2.24, 2.45) is 0 Å². The van der Waals surface area contributed by atoms with E-state index in [1.54, 1.807) is 13.0 Å². The second kappa shape index (κ2) is 7.70. The third-order valence-corrected chi connectivity index (χ3v) is 5.97. The minimum Gasteiger partial charge on any atom is -0.325 e. The van der Waals surface area contributed by atoms with E-state index < -0.39 is 28.3 Å². The molecule has 0 saturated heterocycles. The summed E-state index contributed by atoms with van der Waals surface area (Å²) >= 11 is 12.1. The van der Waals surface area contributed by atoms with Gasteiger partial charge in [0.15, 0.2) is 0 Å². The second-order valence-electron chi connectivity index (χ2n) is 5.32. The van der Waals surface area contributed by atoms with Crippen LogP contribution in [0, 0.1) is 19.7 Å². The Labute approximate surface area is 155 Å². The molecule has 0 aliphatic carbocycles. The van der Waals surface area contributed by atoms with Crippen LogP contribution in [0.4, 0.5) is 10.1 Å². The number of nitrogens with one attached hydrogen (secondary N) is 2. The first-order valence-corrected chi connectivity index (χ1v) is 9.36. The second-order valence-corrected chi connectivity index (χ2v) is 7.81. The van der Waals surface area contributed by atoms with E-state index in [1.165, 1.54) is 31.2 Å². The van der Waals surface area contributed by atoms with Crippen molar-refractivity contribution in [3.8, 4) is 0 Å². The van der Waals surface area contributed by atoms with Gasteiger partial charge in [-0.1, -0.05) is 23.2 Å². The van der Waals surface area contributed by atoms with Crippen LogP contribution >= 0.6 is 23.2 Å². The molecule has 0 aromatic heterocycles. The average molecular weight is 405 g/mol. The predicted octanol–water partition coefficient (Wildman–Crippen LogP) is 3.67. The van der Waals surface area contributed by atoms with Gasteiger partial charge in [0.2, 0.25) is 15.9 Å². The number of halogens is 3. The Balaban J connectivity index is 2.14. The molecule has 2 aromatic carbocycles. The summed E-state index contributed by atoms with van der Waals surface area (Å²) in [5.74, 6) is -1.05. The van der Waals surface area contributed by atoms with Crippen LogP contribution < -0.4 is 10.0 Å². The summed E-state index contributed by atoms with van der Waals surface area (Å²) in [4.78, 5) is 11.7. The van der Waals surface area contributed by atoms with Crippen molar-refractivity contribution in [1.29, 1.82) is 0 Å². The van der Waals surface area contributed by atoms with Crippen LogP contribution in [0.15, 0.2) is 35.2 Å². The van der Waals surface area contributed by atoms with Gasteiger partial charge in [-0.15, -0.1) is 0 Å². The number of amides is 1. The van der Waals surface area contributed by atoms with Crippen LogP contribution in [-0.2, 0) is 14.8 Å². The van der Waals surface area contributed by atoms with E-state index in [0.717, 1.165) is 0 Å². The van der Waals surface area contributed by atoms with E-state index >= 15 is 0 Å². The summed E-state index contributed by atoms with van der Waals surface area (Å²) in [5, 5.41) is 2.77. The molecule has 5 nitrogen and oxygen atoms in total. The lowest BCUT2D eigenvalue weighted by atomic mass is 10.2. The van der Waals surface area contributed by atoms with Crippen LogP contribution in [0.3, 0.4) is 0 Å². The Kier molecular flexibility index (Phi) is 6.05. The first-order valence-electron chi connectivity index (χ1n) is 7.12. The Hall–Kier alpha value is -1.67. The molecule has 0 heterocycles. The van der Waals surface area contributed by atoms with Crippen molar-refractivity contribution >= 4 is 44.8 Å². The molecular weight excluding hydrogens is 390 g/mol. The zero-order chi connectivity index (χ0) is 18.8. The minimum absolute atomic E-state index is 0.0494. The molecule has 0 bridgehead atoms. The summed E-state index contributed by atoms with van der Waals surface area (Å²) in [7, 11) is -4.05. The molecule has 1 amide bonds. The third-order valence-electron chi connectivity index (χ3n) is 3.41. The maximum Gasteiger partial charge on any atom is 0.242 e. The zero-order valence-electron chi connectivity index (χ0n) is 13.4. The van der Waals surface area contributed by atoms with Gasteiger partial charge in [-0.3, -0.25) is 4.79 Å². The van der Waals surface area contributed by atoms with Gasteiger partial charge in [0, 0.05) is 10.7 Å². The van der Waals surface area contributed by atoms with Gasteiger partial charge in [-0.2, -0.15) is 0 Å². The fourth-order valence-electron chi connectivity index (χ4n) is 2.10. The van der Waals surface area contributed by atoms with Crippen LogP contribution in [0.25, 0.3) is 0 Å². The van der Waals surface area contributed by atoms with Crippen LogP contribution in [0.5, 0.6) is 0 Å². The van der Waals surface area contributed by atoms with Crippen molar-refractivity contribution in [2.45, 2.75) is 18.7 Å². The van der Waals surface area contributed by atoms with Crippen molar-refractivity contribution < 1.29 is 17.6 Å². The molecule has 0 fully saturated rings. The molecule has 0 aliphatic heterocycles. The lowest BCUT2D eigenvalue weighted by Crippen LogP contribution is -2.33. The highest BCUT2D eigenvalue weighted by Crippen LogP contribution is 2.33. The molecule has 0 atom stereocenters. The molecule has 9 heteroatoms. The summed E-state index contributed by atoms with van der Waals surface area (Å²) < 4.78 is 40.0. The predicted molar refractivity (Wildman–Crippen MR) is 96.2 cm³/mol.